The molecule has 0 fully saturated rings. The SMILES string of the molecule is CCN(CC)C(CC(=O)O)c1c[nH]c2c(=O)[nH]c3ccc(F)cc3c12. The average molecular weight is 345 g/mol. The Morgan fingerprint density at radius 1 is 1.32 bits per heavy atom. The number of aliphatic carboxylic acids is 1. The summed E-state index contributed by atoms with van der Waals surface area (Å²) in [5.41, 5.74) is 1.24. The number of H-pyrrole nitrogens is 2. The number of hydrogen-bond donors (Lipinski definition) is 3. The molecule has 132 valence electrons. The Labute approximate surface area is 143 Å². The van der Waals surface area contributed by atoms with E-state index in [1.54, 1.807) is 6.20 Å². The van der Waals surface area contributed by atoms with Gasteiger partial charge in [0.05, 0.1) is 6.42 Å². The van der Waals surface area contributed by atoms with Crippen molar-refractivity contribution in [3.05, 3.63) is 46.1 Å². The van der Waals surface area contributed by atoms with Gasteiger partial charge in [-0.25, -0.2) is 4.39 Å². The van der Waals surface area contributed by atoms with Gasteiger partial charge in [-0.05, 0) is 36.9 Å². The third kappa shape index (κ3) is 3.02. The van der Waals surface area contributed by atoms with Crippen LogP contribution >= 0.6 is 0 Å². The van der Waals surface area contributed by atoms with Gasteiger partial charge < -0.3 is 15.1 Å². The molecule has 0 saturated carbocycles. The number of fused-ring (bicyclic) bond motifs is 3. The molecule has 2 heterocycles. The molecule has 0 amide bonds. The molecular weight excluding hydrogens is 325 g/mol. The molecule has 0 aliphatic rings. The second-order valence-corrected chi connectivity index (χ2v) is 5.97. The zero-order chi connectivity index (χ0) is 18.1. The number of rotatable bonds is 6. The standard InChI is InChI=1S/C18H20FN3O3/c1-3-22(4-2)14(8-15(23)24)12-9-20-17-16(12)11-7-10(19)5-6-13(11)21-18(17)25/h5-7,9,14,20H,3-4,8H2,1-2H3,(H,21,25)(H,23,24). The van der Waals surface area contributed by atoms with Crippen molar-refractivity contribution in [2.45, 2.75) is 26.3 Å². The lowest BCUT2D eigenvalue weighted by Gasteiger charge is -2.28. The second kappa shape index (κ2) is 6.68. The first kappa shape index (κ1) is 17.2. The minimum absolute atomic E-state index is 0.0990. The summed E-state index contributed by atoms with van der Waals surface area (Å²) in [6, 6.07) is 3.77. The second-order valence-electron chi connectivity index (χ2n) is 5.97. The van der Waals surface area contributed by atoms with E-state index in [0.29, 0.717) is 40.5 Å². The first-order valence-corrected chi connectivity index (χ1v) is 8.24. The van der Waals surface area contributed by atoms with E-state index in [0.717, 1.165) is 0 Å². The highest BCUT2D eigenvalue weighted by molar-refractivity contribution is 6.06. The topological polar surface area (TPSA) is 89.2 Å². The monoisotopic (exact) mass is 345 g/mol. The molecule has 0 saturated heterocycles. The number of hydrogen-bond acceptors (Lipinski definition) is 3. The number of carbonyl (C=O) groups is 1. The predicted octanol–water partition coefficient (Wildman–Crippen LogP) is 3.01. The number of carboxylic acid groups (broad SMARTS) is 1. The normalized spacial score (nSPS) is 13.0. The largest absolute Gasteiger partial charge is 0.481 e. The fourth-order valence-electron chi connectivity index (χ4n) is 3.45. The lowest BCUT2D eigenvalue weighted by atomic mass is 9.98. The van der Waals surface area contributed by atoms with Crippen LogP contribution in [0.3, 0.4) is 0 Å². The highest BCUT2D eigenvalue weighted by Gasteiger charge is 2.25. The van der Waals surface area contributed by atoms with E-state index < -0.39 is 17.8 Å². The molecule has 7 heteroatoms. The van der Waals surface area contributed by atoms with E-state index in [1.165, 1.54) is 18.2 Å². The number of benzene rings is 1. The van der Waals surface area contributed by atoms with Gasteiger partial charge in [-0.3, -0.25) is 14.5 Å². The fourth-order valence-corrected chi connectivity index (χ4v) is 3.45. The smallest absolute Gasteiger partial charge is 0.305 e. The molecule has 0 bridgehead atoms. The zero-order valence-corrected chi connectivity index (χ0v) is 14.1. The van der Waals surface area contributed by atoms with E-state index in [4.69, 9.17) is 0 Å². The van der Waals surface area contributed by atoms with Gasteiger partial charge in [-0.1, -0.05) is 13.8 Å². The van der Waals surface area contributed by atoms with Crippen LogP contribution < -0.4 is 5.56 Å². The van der Waals surface area contributed by atoms with Gasteiger partial charge in [-0.15, -0.1) is 0 Å². The molecule has 1 aromatic carbocycles. The number of aromatic amines is 2. The number of nitrogens with one attached hydrogen (secondary N) is 2. The molecule has 1 atom stereocenters. The molecule has 6 nitrogen and oxygen atoms in total. The Morgan fingerprint density at radius 2 is 2.04 bits per heavy atom. The van der Waals surface area contributed by atoms with Crippen molar-refractivity contribution < 1.29 is 14.3 Å². The predicted molar refractivity (Wildman–Crippen MR) is 94.3 cm³/mol. The van der Waals surface area contributed by atoms with Crippen LogP contribution in [0.1, 0.15) is 31.9 Å². The summed E-state index contributed by atoms with van der Waals surface area (Å²) in [4.78, 5) is 31.4. The van der Waals surface area contributed by atoms with Crippen molar-refractivity contribution in [3.8, 4) is 0 Å². The Balaban J connectivity index is 2.34. The number of pyridine rings is 1. The molecule has 0 radical (unpaired) electrons. The molecule has 2 aromatic heterocycles. The van der Waals surface area contributed by atoms with E-state index >= 15 is 0 Å². The van der Waals surface area contributed by atoms with Crippen LogP contribution in [0.2, 0.25) is 0 Å². The summed E-state index contributed by atoms with van der Waals surface area (Å²) < 4.78 is 13.8. The van der Waals surface area contributed by atoms with Crippen molar-refractivity contribution in [2.75, 3.05) is 13.1 Å². The maximum Gasteiger partial charge on any atom is 0.305 e. The first-order valence-electron chi connectivity index (χ1n) is 8.24. The summed E-state index contributed by atoms with van der Waals surface area (Å²) in [5, 5.41) is 10.5. The Kier molecular flexibility index (Phi) is 4.59. The summed E-state index contributed by atoms with van der Waals surface area (Å²) in [7, 11) is 0. The molecule has 3 N–H and O–H groups in total. The van der Waals surface area contributed by atoms with Crippen LogP contribution in [0.4, 0.5) is 4.39 Å². The number of carboxylic acids is 1. The Bertz CT molecular complexity index is 988. The first-order chi connectivity index (χ1) is 12.0. The summed E-state index contributed by atoms with van der Waals surface area (Å²) in [6.45, 7) is 5.24. The molecule has 0 aliphatic heterocycles. The van der Waals surface area contributed by atoms with Crippen LogP contribution in [-0.2, 0) is 4.79 Å². The van der Waals surface area contributed by atoms with Crippen LogP contribution in [0, 0.1) is 5.82 Å². The van der Waals surface area contributed by atoms with Gasteiger partial charge in [0, 0.05) is 28.5 Å². The van der Waals surface area contributed by atoms with Gasteiger partial charge in [0.2, 0.25) is 0 Å². The summed E-state index contributed by atoms with van der Waals surface area (Å²) >= 11 is 0. The van der Waals surface area contributed by atoms with Crippen molar-refractivity contribution in [2.24, 2.45) is 0 Å². The van der Waals surface area contributed by atoms with Gasteiger partial charge in [0.15, 0.2) is 0 Å². The van der Waals surface area contributed by atoms with Crippen molar-refractivity contribution in [1.29, 1.82) is 0 Å². The van der Waals surface area contributed by atoms with E-state index in [9.17, 15) is 19.1 Å². The van der Waals surface area contributed by atoms with Crippen molar-refractivity contribution in [3.63, 3.8) is 0 Å². The lowest BCUT2D eigenvalue weighted by molar-refractivity contribution is -0.138. The van der Waals surface area contributed by atoms with E-state index in [2.05, 4.69) is 9.97 Å². The Morgan fingerprint density at radius 3 is 2.68 bits per heavy atom. The molecule has 0 aliphatic carbocycles. The van der Waals surface area contributed by atoms with Crippen LogP contribution in [0.5, 0.6) is 0 Å². The van der Waals surface area contributed by atoms with Gasteiger partial charge in [0.25, 0.3) is 5.56 Å². The van der Waals surface area contributed by atoms with Gasteiger partial charge in [0.1, 0.15) is 11.3 Å². The Hall–Kier alpha value is -2.67. The van der Waals surface area contributed by atoms with E-state index in [1.807, 2.05) is 18.7 Å². The minimum atomic E-state index is -0.924. The zero-order valence-electron chi connectivity index (χ0n) is 14.1. The van der Waals surface area contributed by atoms with Crippen molar-refractivity contribution >= 4 is 27.8 Å². The molecule has 0 spiro atoms. The van der Waals surface area contributed by atoms with E-state index in [-0.39, 0.29) is 12.0 Å². The highest BCUT2D eigenvalue weighted by Crippen LogP contribution is 2.33. The van der Waals surface area contributed by atoms with Gasteiger partial charge in [-0.2, -0.15) is 0 Å². The van der Waals surface area contributed by atoms with Gasteiger partial charge >= 0.3 is 5.97 Å². The average Bonchev–Trinajstić information content (AvgIpc) is 3.01. The van der Waals surface area contributed by atoms with Crippen LogP contribution in [0.25, 0.3) is 21.8 Å². The molecular formula is C18H20FN3O3. The number of nitrogens with zero attached hydrogens (tertiary/aromatic N) is 1. The molecule has 3 rings (SSSR count). The third-order valence-corrected chi connectivity index (χ3v) is 4.62. The van der Waals surface area contributed by atoms with Crippen LogP contribution in [-0.4, -0.2) is 39.0 Å². The van der Waals surface area contributed by atoms with Crippen molar-refractivity contribution in [1.82, 2.24) is 14.9 Å². The maximum atomic E-state index is 13.8. The number of halogens is 1. The number of aromatic nitrogens is 2. The van der Waals surface area contributed by atoms with Crippen LogP contribution in [0.15, 0.2) is 29.2 Å². The highest BCUT2D eigenvalue weighted by atomic mass is 19.1. The summed E-state index contributed by atoms with van der Waals surface area (Å²) in [6.07, 6.45) is 1.56. The maximum absolute atomic E-state index is 13.8. The third-order valence-electron chi connectivity index (χ3n) is 4.62. The summed E-state index contributed by atoms with van der Waals surface area (Å²) in [5.74, 6) is -1.34. The molecule has 3 aromatic rings. The lowest BCUT2D eigenvalue weighted by Crippen LogP contribution is -2.30. The molecule has 25 heavy (non-hydrogen) atoms. The molecule has 1 unspecified atom stereocenters. The quantitative estimate of drug-likeness (QED) is 0.641. The fraction of sp³-hybridized carbons (Fsp3) is 0.333. The minimum Gasteiger partial charge on any atom is -0.481 e.